The Morgan fingerprint density at radius 3 is 2.62 bits per heavy atom. The van der Waals surface area contributed by atoms with E-state index in [1.54, 1.807) is 0 Å². The van der Waals surface area contributed by atoms with Crippen molar-refractivity contribution < 1.29 is 34.5 Å². The van der Waals surface area contributed by atoms with Crippen molar-refractivity contribution in [3.8, 4) is 0 Å². The molecule has 2 heterocycles. The van der Waals surface area contributed by atoms with Gasteiger partial charge in [-0.25, -0.2) is 4.79 Å². The average Bonchev–Trinajstić information content (AvgIpc) is 2.59. The lowest BCUT2D eigenvalue weighted by Crippen LogP contribution is -2.78. The molecule has 26 heavy (non-hydrogen) atoms. The number of amides is 2. The molecule has 0 saturated carbocycles. The Hall–Kier alpha value is -2.11. The highest BCUT2D eigenvalue weighted by atomic mass is 32.2. The molecule has 0 aromatic rings. The largest absolute Gasteiger partial charge is 0.480 e. The van der Waals surface area contributed by atoms with E-state index < -0.39 is 47.3 Å². The van der Waals surface area contributed by atoms with Crippen LogP contribution in [0.1, 0.15) is 26.2 Å². The molecule has 0 aromatic carbocycles. The second-order valence-corrected chi connectivity index (χ2v) is 7.41. The zero-order valence-corrected chi connectivity index (χ0v) is 14.9. The molecule has 10 nitrogen and oxygen atoms in total. The third-order valence-corrected chi connectivity index (χ3v) is 5.92. The van der Waals surface area contributed by atoms with E-state index in [4.69, 9.17) is 10.8 Å². The Kier molecular flexibility index (Phi) is 5.94. The molecule has 0 spiro atoms. The molecule has 0 radical (unpaired) electrons. The monoisotopic (exact) mass is 387 g/mol. The summed E-state index contributed by atoms with van der Waals surface area (Å²) in [6.45, 7) is 1.06. The molecule has 11 heteroatoms. The highest BCUT2D eigenvalue weighted by Crippen LogP contribution is 2.45. The first-order chi connectivity index (χ1) is 12.1. The standard InChI is InChI=1S/C15H21N3O7S/c1-15(17-9(20)4-2-3-8(16)11(21)22)13(25)18-10(12(23)24)7(5-19)6-26-14(15)18/h8,14,19H,2-6,16H2,1H3,(H,17,20)(H,21,22)(H,23,24)/t8-,14-,15-/m1/s1. The van der Waals surface area contributed by atoms with E-state index in [0.717, 1.165) is 4.90 Å². The second-order valence-electron chi connectivity index (χ2n) is 6.34. The van der Waals surface area contributed by atoms with Crippen LogP contribution in [0, 0.1) is 0 Å². The van der Waals surface area contributed by atoms with E-state index in [1.165, 1.54) is 18.7 Å². The van der Waals surface area contributed by atoms with Gasteiger partial charge in [-0.15, -0.1) is 11.8 Å². The lowest BCUT2D eigenvalue weighted by atomic mass is 9.88. The number of thioether (sulfide) groups is 1. The molecule has 2 aliphatic heterocycles. The van der Waals surface area contributed by atoms with Gasteiger partial charge < -0.3 is 26.4 Å². The zero-order chi connectivity index (χ0) is 19.6. The summed E-state index contributed by atoms with van der Waals surface area (Å²) < 4.78 is 0. The number of nitrogens with one attached hydrogen (secondary N) is 1. The van der Waals surface area contributed by atoms with Crippen molar-refractivity contribution in [2.75, 3.05) is 12.4 Å². The number of nitrogens with two attached hydrogens (primary N) is 1. The molecule has 6 N–H and O–H groups in total. The van der Waals surface area contributed by atoms with Crippen LogP contribution in [0.2, 0.25) is 0 Å². The summed E-state index contributed by atoms with van der Waals surface area (Å²) in [6, 6.07) is -1.05. The van der Waals surface area contributed by atoms with Crippen LogP contribution in [0.25, 0.3) is 0 Å². The summed E-state index contributed by atoms with van der Waals surface area (Å²) in [4.78, 5) is 47.8. The maximum absolute atomic E-state index is 12.5. The number of fused-ring (bicyclic) bond motifs is 1. The highest BCUT2D eigenvalue weighted by Gasteiger charge is 2.62. The number of aliphatic carboxylic acids is 2. The Bertz CT molecular complexity index is 680. The molecule has 0 bridgehead atoms. The summed E-state index contributed by atoms with van der Waals surface area (Å²) in [7, 11) is 0. The number of hydrogen-bond donors (Lipinski definition) is 5. The fourth-order valence-electron chi connectivity index (χ4n) is 2.98. The van der Waals surface area contributed by atoms with Gasteiger partial charge in [0.25, 0.3) is 5.91 Å². The quantitative estimate of drug-likeness (QED) is 0.317. The molecule has 2 aliphatic rings. The van der Waals surface area contributed by atoms with Crippen molar-refractivity contribution in [1.29, 1.82) is 0 Å². The minimum Gasteiger partial charge on any atom is -0.480 e. The molecular weight excluding hydrogens is 366 g/mol. The number of carboxylic acid groups (broad SMARTS) is 2. The lowest BCUT2D eigenvalue weighted by Gasteiger charge is -2.55. The van der Waals surface area contributed by atoms with E-state index >= 15 is 0 Å². The number of carbonyl (C=O) groups excluding carboxylic acids is 2. The molecule has 0 unspecified atom stereocenters. The molecule has 0 aliphatic carbocycles. The summed E-state index contributed by atoms with van der Waals surface area (Å²) in [5, 5.41) is 29.4. The van der Waals surface area contributed by atoms with Gasteiger partial charge >= 0.3 is 11.9 Å². The van der Waals surface area contributed by atoms with Crippen LogP contribution in [0.3, 0.4) is 0 Å². The van der Waals surface area contributed by atoms with Gasteiger partial charge in [-0.2, -0.15) is 0 Å². The van der Waals surface area contributed by atoms with Crippen LogP contribution in [0.4, 0.5) is 0 Å². The smallest absolute Gasteiger partial charge is 0.352 e. The second kappa shape index (κ2) is 7.64. The lowest BCUT2D eigenvalue weighted by molar-refractivity contribution is -0.158. The SMILES string of the molecule is C[C@@]1(NC(=O)CCC[C@@H](N)C(=O)O)C(=O)N2C(C(=O)O)=C(CO)CS[C@@H]21. The van der Waals surface area contributed by atoms with E-state index in [-0.39, 0.29) is 36.3 Å². The fraction of sp³-hybridized carbons (Fsp3) is 0.600. The van der Waals surface area contributed by atoms with Gasteiger partial charge in [0.1, 0.15) is 22.7 Å². The van der Waals surface area contributed by atoms with Crippen LogP contribution < -0.4 is 11.1 Å². The van der Waals surface area contributed by atoms with Gasteiger partial charge in [0.15, 0.2) is 0 Å². The van der Waals surface area contributed by atoms with Gasteiger partial charge in [0, 0.05) is 12.2 Å². The van der Waals surface area contributed by atoms with Gasteiger partial charge in [0.05, 0.1) is 6.61 Å². The van der Waals surface area contributed by atoms with Gasteiger partial charge in [-0.1, -0.05) is 0 Å². The fourth-order valence-corrected chi connectivity index (χ4v) is 4.41. The van der Waals surface area contributed by atoms with E-state index in [9.17, 15) is 29.4 Å². The Morgan fingerprint density at radius 2 is 2.08 bits per heavy atom. The number of aliphatic hydroxyl groups is 1. The average molecular weight is 387 g/mol. The van der Waals surface area contributed by atoms with Gasteiger partial charge in [0.2, 0.25) is 5.91 Å². The minimum absolute atomic E-state index is 0.00472. The van der Waals surface area contributed by atoms with E-state index in [0.29, 0.717) is 0 Å². The first-order valence-corrected chi connectivity index (χ1v) is 8.99. The van der Waals surface area contributed by atoms with Crippen molar-refractivity contribution in [2.24, 2.45) is 5.73 Å². The van der Waals surface area contributed by atoms with Crippen LogP contribution in [0.5, 0.6) is 0 Å². The maximum Gasteiger partial charge on any atom is 0.352 e. The van der Waals surface area contributed by atoms with Crippen LogP contribution >= 0.6 is 11.8 Å². The molecular formula is C15H21N3O7S. The number of nitrogens with zero attached hydrogens (tertiary/aromatic N) is 1. The predicted molar refractivity (Wildman–Crippen MR) is 90.8 cm³/mol. The Labute approximate surface area is 153 Å². The topological polar surface area (TPSA) is 170 Å². The van der Waals surface area contributed by atoms with Crippen LogP contribution in [-0.4, -0.2) is 73.3 Å². The molecule has 3 atom stereocenters. The summed E-state index contributed by atoms with van der Waals surface area (Å²) in [5.74, 6) is -3.20. The number of β-lactam (4-membered cyclic amide) rings is 1. The number of hydrogen-bond acceptors (Lipinski definition) is 7. The first-order valence-electron chi connectivity index (χ1n) is 7.94. The maximum atomic E-state index is 12.5. The van der Waals surface area contributed by atoms with E-state index in [2.05, 4.69) is 5.32 Å². The third-order valence-electron chi connectivity index (χ3n) is 4.41. The molecule has 2 amide bonds. The van der Waals surface area contributed by atoms with Crippen LogP contribution in [0.15, 0.2) is 11.3 Å². The van der Waals surface area contributed by atoms with Crippen molar-refractivity contribution in [3.05, 3.63) is 11.3 Å². The predicted octanol–water partition coefficient (Wildman–Crippen LogP) is -1.31. The highest BCUT2D eigenvalue weighted by molar-refractivity contribution is 8.00. The Balaban J connectivity index is 2.01. The van der Waals surface area contributed by atoms with Crippen molar-refractivity contribution >= 4 is 35.5 Å². The van der Waals surface area contributed by atoms with Crippen molar-refractivity contribution in [1.82, 2.24) is 10.2 Å². The normalized spacial score (nSPS) is 26.0. The molecule has 1 saturated heterocycles. The number of aliphatic hydroxyl groups excluding tert-OH is 1. The summed E-state index contributed by atoms with van der Waals surface area (Å²) in [6.07, 6.45) is 0.383. The van der Waals surface area contributed by atoms with Crippen LogP contribution in [-0.2, 0) is 19.2 Å². The van der Waals surface area contributed by atoms with Gasteiger partial charge in [-0.05, 0) is 25.3 Å². The summed E-state index contributed by atoms with van der Waals surface area (Å²) >= 11 is 1.26. The minimum atomic E-state index is -1.30. The third kappa shape index (κ3) is 3.55. The molecule has 1 fully saturated rings. The van der Waals surface area contributed by atoms with Crippen molar-refractivity contribution in [2.45, 2.75) is 43.1 Å². The van der Waals surface area contributed by atoms with E-state index in [1.807, 2.05) is 0 Å². The Morgan fingerprint density at radius 1 is 1.42 bits per heavy atom. The molecule has 2 rings (SSSR count). The molecule has 144 valence electrons. The summed E-state index contributed by atoms with van der Waals surface area (Å²) in [5.41, 5.74) is 4.14. The molecule has 0 aromatic heterocycles. The number of rotatable bonds is 8. The zero-order valence-electron chi connectivity index (χ0n) is 14.1. The van der Waals surface area contributed by atoms with Crippen molar-refractivity contribution in [3.63, 3.8) is 0 Å². The van der Waals surface area contributed by atoms with Gasteiger partial charge in [-0.3, -0.25) is 19.3 Å². The first kappa shape index (κ1) is 20.2. The number of carboxylic acids is 2. The number of carbonyl (C=O) groups is 4.